The Morgan fingerprint density at radius 3 is 2.70 bits per heavy atom. The summed E-state index contributed by atoms with van der Waals surface area (Å²) in [6, 6.07) is 6.51. The first-order valence-electron chi connectivity index (χ1n) is 8.52. The molecule has 3 aromatic heterocycles. The highest BCUT2D eigenvalue weighted by molar-refractivity contribution is 7.19. The minimum atomic E-state index is -0.645. The highest BCUT2D eigenvalue weighted by Gasteiger charge is 2.14. The smallest absolute Gasteiger partial charge is 0.434 e. The van der Waals surface area contributed by atoms with Crippen LogP contribution < -0.4 is 16.2 Å². The van der Waals surface area contributed by atoms with E-state index in [0.29, 0.717) is 27.8 Å². The Bertz CT molecular complexity index is 1300. The van der Waals surface area contributed by atoms with Crippen molar-refractivity contribution < 1.29 is 14.3 Å². The van der Waals surface area contributed by atoms with E-state index >= 15 is 0 Å². The molecule has 0 saturated carbocycles. The van der Waals surface area contributed by atoms with Crippen LogP contribution in [0.2, 0.25) is 0 Å². The molecule has 0 aliphatic rings. The number of anilines is 1. The van der Waals surface area contributed by atoms with Gasteiger partial charge in [0.1, 0.15) is 5.01 Å². The second-order valence-electron chi connectivity index (χ2n) is 6.03. The van der Waals surface area contributed by atoms with E-state index in [1.165, 1.54) is 29.6 Å². The van der Waals surface area contributed by atoms with Crippen molar-refractivity contribution in [2.24, 2.45) is 4.99 Å². The summed E-state index contributed by atoms with van der Waals surface area (Å²) in [6.45, 7) is 3.22. The first-order valence-corrected chi connectivity index (χ1v) is 10.2. The Balaban J connectivity index is 1.54. The first-order chi connectivity index (χ1) is 14.4. The Labute approximate surface area is 177 Å². The van der Waals surface area contributed by atoms with Crippen LogP contribution in [0.25, 0.3) is 22.0 Å². The number of aliphatic imine (C=N–C) groups is 1. The highest BCUT2D eigenvalue weighted by Crippen LogP contribution is 2.33. The number of aromatic amines is 1. The number of hydrogen-bond donors (Lipinski definition) is 2. The van der Waals surface area contributed by atoms with Crippen LogP contribution in [0, 0.1) is 6.92 Å². The molecule has 0 unspecified atom stereocenters. The van der Waals surface area contributed by atoms with E-state index in [9.17, 15) is 14.7 Å². The molecule has 1 amide bonds. The van der Waals surface area contributed by atoms with Crippen LogP contribution >= 0.6 is 22.7 Å². The van der Waals surface area contributed by atoms with Gasteiger partial charge in [-0.05, 0) is 31.2 Å². The van der Waals surface area contributed by atoms with Crippen molar-refractivity contribution in [2.45, 2.75) is 13.8 Å². The van der Waals surface area contributed by atoms with Gasteiger partial charge in [-0.2, -0.15) is 0 Å². The fourth-order valence-electron chi connectivity index (χ4n) is 2.51. The third-order valence-electron chi connectivity index (χ3n) is 3.78. The molecule has 0 aliphatic carbocycles. The standard InChI is InChI=1S/C18H14N6O4S2/c1-8-13(30-17(19-8)20-9(2)25)12-7-29-16(22-12)14(26)21-11-5-3-10(4-6-11)15-23-24-18(27)28-15/h3-7H,1-2H3,(H,21,26)(H,24,27)(H,19,20,25)/p-1. The molecule has 0 fully saturated rings. The molecule has 4 rings (SSSR count). The maximum Gasteiger partial charge on any atom is 0.434 e. The van der Waals surface area contributed by atoms with Gasteiger partial charge in [-0.15, -0.1) is 16.4 Å². The zero-order valence-corrected chi connectivity index (χ0v) is 17.3. The molecule has 2 N–H and O–H groups in total. The third kappa shape index (κ3) is 4.18. The molecule has 0 saturated heterocycles. The summed E-state index contributed by atoms with van der Waals surface area (Å²) in [5, 5.41) is 23.5. The molecule has 12 heteroatoms. The van der Waals surface area contributed by atoms with Crippen LogP contribution in [-0.2, 0) is 4.79 Å². The Kier molecular flexibility index (Phi) is 5.25. The molecule has 152 valence electrons. The molecule has 0 aliphatic heterocycles. The molecule has 3 heterocycles. The first kappa shape index (κ1) is 19.7. The minimum Gasteiger partial charge on any atom is -0.857 e. The number of carbonyl (C=O) groups excluding carboxylic acids is 1. The maximum absolute atomic E-state index is 12.5. The number of nitrogens with one attached hydrogen (secondary N) is 2. The number of rotatable bonds is 5. The zero-order valence-electron chi connectivity index (χ0n) is 15.6. The van der Waals surface area contributed by atoms with Gasteiger partial charge in [0, 0.05) is 23.8 Å². The molecule has 10 nitrogen and oxygen atoms in total. The monoisotopic (exact) mass is 441 g/mol. The lowest BCUT2D eigenvalue weighted by atomic mass is 10.2. The largest absolute Gasteiger partial charge is 0.857 e. The molecular weight excluding hydrogens is 428 g/mol. The molecule has 0 radical (unpaired) electrons. The number of aromatic nitrogens is 4. The van der Waals surface area contributed by atoms with Gasteiger partial charge in [-0.25, -0.2) is 19.9 Å². The van der Waals surface area contributed by atoms with Crippen molar-refractivity contribution in [3.63, 3.8) is 0 Å². The normalized spacial score (nSPS) is 11.6. The lowest BCUT2D eigenvalue weighted by Crippen LogP contribution is -2.18. The number of aryl methyl sites for hydroxylation is 1. The van der Waals surface area contributed by atoms with Gasteiger partial charge in [0.05, 0.1) is 22.0 Å². The molecule has 30 heavy (non-hydrogen) atoms. The van der Waals surface area contributed by atoms with Crippen LogP contribution in [0.3, 0.4) is 0 Å². The molecule has 0 atom stereocenters. The molecule has 0 spiro atoms. The number of hydrogen-bond acceptors (Lipinski definition) is 10. The van der Waals surface area contributed by atoms with Crippen LogP contribution in [0.5, 0.6) is 0 Å². The summed E-state index contributed by atoms with van der Waals surface area (Å²) in [6.07, 6.45) is 0. The predicted molar refractivity (Wildman–Crippen MR) is 111 cm³/mol. The quantitative estimate of drug-likeness (QED) is 0.356. The Morgan fingerprint density at radius 2 is 2.03 bits per heavy atom. The minimum absolute atomic E-state index is 0.154. The Morgan fingerprint density at radius 1 is 1.27 bits per heavy atom. The topological polar surface area (TPSA) is 149 Å². The van der Waals surface area contributed by atoms with E-state index in [0.717, 1.165) is 4.88 Å². The van der Waals surface area contributed by atoms with Crippen molar-refractivity contribution >= 4 is 45.3 Å². The van der Waals surface area contributed by atoms with Gasteiger partial charge in [0.15, 0.2) is 5.13 Å². The number of benzene rings is 1. The zero-order chi connectivity index (χ0) is 21.3. The van der Waals surface area contributed by atoms with E-state index in [1.807, 2.05) is 6.92 Å². The summed E-state index contributed by atoms with van der Waals surface area (Å²) in [7, 11) is 0. The van der Waals surface area contributed by atoms with E-state index in [2.05, 4.69) is 30.5 Å². The van der Waals surface area contributed by atoms with Crippen LogP contribution in [0.15, 0.2) is 43.8 Å². The lowest BCUT2D eigenvalue weighted by Gasteiger charge is -2.06. The predicted octanol–water partition coefficient (Wildman–Crippen LogP) is 2.32. The second kappa shape index (κ2) is 8.00. The van der Waals surface area contributed by atoms with Gasteiger partial charge in [-0.3, -0.25) is 9.79 Å². The van der Waals surface area contributed by atoms with Gasteiger partial charge in [-0.1, -0.05) is 11.3 Å². The summed E-state index contributed by atoms with van der Waals surface area (Å²) in [5.41, 5.74) is 2.33. The molecule has 1 aromatic carbocycles. The van der Waals surface area contributed by atoms with Gasteiger partial charge in [0.2, 0.25) is 11.8 Å². The van der Waals surface area contributed by atoms with E-state index in [4.69, 9.17) is 4.42 Å². The van der Waals surface area contributed by atoms with Crippen LogP contribution in [0.4, 0.5) is 10.8 Å². The van der Waals surface area contributed by atoms with Crippen LogP contribution in [0.1, 0.15) is 17.6 Å². The molecule has 0 bridgehead atoms. The fraction of sp³-hybridized carbons (Fsp3) is 0.111. The summed E-state index contributed by atoms with van der Waals surface area (Å²) < 4.78 is 4.88. The van der Waals surface area contributed by atoms with Crippen molar-refractivity contribution in [2.75, 3.05) is 5.32 Å². The number of thiazole rings is 2. The highest BCUT2D eigenvalue weighted by atomic mass is 32.1. The van der Waals surface area contributed by atoms with Crippen LogP contribution in [-0.4, -0.2) is 32.0 Å². The number of H-pyrrole nitrogens is 1. The van der Waals surface area contributed by atoms with Crippen molar-refractivity contribution in [3.8, 4) is 22.0 Å². The summed E-state index contributed by atoms with van der Waals surface area (Å²) in [5.74, 6) is -1.17. The third-order valence-corrected chi connectivity index (χ3v) is 5.71. The summed E-state index contributed by atoms with van der Waals surface area (Å²) in [4.78, 5) is 35.7. The molecule has 4 aromatic rings. The number of amides is 1. The average molecular weight is 441 g/mol. The SMILES string of the molecule is CC(=O)Nc1nc(C)c(-c2csc(C([O-])=Nc3ccc(-c4n[nH]c(=O)o4)cc3)n2)s1. The Hall–Kier alpha value is -3.64. The van der Waals surface area contributed by atoms with E-state index < -0.39 is 11.7 Å². The number of carbonyl (C=O) groups is 1. The van der Waals surface area contributed by atoms with Crippen molar-refractivity contribution in [1.29, 1.82) is 0 Å². The second-order valence-corrected chi connectivity index (χ2v) is 7.89. The van der Waals surface area contributed by atoms with Gasteiger partial charge in [0.25, 0.3) is 0 Å². The molecular formula is C18H13N6O4S2-. The number of nitrogens with zero attached hydrogens (tertiary/aromatic N) is 4. The average Bonchev–Trinajstić information content (AvgIpc) is 3.42. The van der Waals surface area contributed by atoms with E-state index in [1.54, 1.807) is 29.6 Å². The lowest BCUT2D eigenvalue weighted by molar-refractivity contribution is -0.212. The maximum atomic E-state index is 12.5. The van der Waals surface area contributed by atoms with Gasteiger partial charge >= 0.3 is 5.76 Å². The summed E-state index contributed by atoms with van der Waals surface area (Å²) >= 11 is 2.47. The van der Waals surface area contributed by atoms with E-state index in [-0.39, 0.29) is 16.8 Å². The van der Waals surface area contributed by atoms with Gasteiger partial charge < -0.3 is 14.8 Å². The van der Waals surface area contributed by atoms with Crippen molar-refractivity contribution in [3.05, 3.63) is 50.9 Å². The van der Waals surface area contributed by atoms with Crippen molar-refractivity contribution in [1.82, 2.24) is 20.2 Å². The fourth-order valence-corrected chi connectivity index (χ4v) is 4.25.